The van der Waals surface area contributed by atoms with E-state index in [0.29, 0.717) is 12.2 Å². The number of rotatable bonds is 5. The molecule has 2 unspecified atom stereocenters. The molecule has 0 spiro atoms. The Balaban J connectivity index is 2.90. The molecule has 0 aromatic heterocycles. The van der Waals surface area contributed by atoms with Gasteiger partial charge in [0.15, 0.2) is 0 Å². The molecule has 0 fully saturated rings. The van der Waals surface area contributed by atoms with Crippen LogP contribution >= 0.6 is 0 Å². The first-order chi connectivity index (χ1) is 7.57. The third-order valence-corrected chi connectivity index (χ3v) is 2.63. The topological polar surface area (TPSA) is 35.2 Å². The highest BCUT2D eigenvalue weighted by Crippen LogP contribution is 2.24. The van der Waals surface area contributed by atoms with Crippen molar-refractivity contribution in [3.05, 3.63) is 35.6 Å². The highest BCUT2D eigenvalue weighted by Gasteiger charge is 2.24. The van der Waals surface area contributed by atoms with Gasteiger partial charge in [0.05, 0.1) is 12.1 Å². The fourth-order valence-corrected chi connectivity index (χ4v) is 1.83. The van der Waals surface area contributed by atoms with E-state index in [1.165, 1.54) is 6.07 Å². The van der Waals surface area contributed by atoms with Crippen molar-refractivity contribution in [2.24, 2.45) is 11.7 Å². The summed E-state index contributed by atoms with van der Waals surface area (Å²) >= 11 is 0. The minimum atomic E-state index is -0.416. The van der Waals surface area contributed by atoms with Crippen LogP contribution in [0.4, 0.5) is 4.39 Å². The molecule has 2 atom stereocenters. The van der Waals surface area contributed by atoms with Crippen LogP contribution in [0, 0.1) is 11.7 Å². The molecule has 90 valence electrons. The molecule has 16 heavy (non-hydrogen) atoms. The Labute approximate surface area is 96.6 Å². The highest BCUT2D eigenvalue weighted by atomic mass is 19.1. The molecule has 0 saturated carbocycles. The van der Waals surface area contributed by atoms with Crippen molar-refractivity contribution in [1.82, 2.24) is 0 Å². The van der Waals surface area contributed by atoms with Gasteiger partial charge in [0, 0.05) is 12.2 Å². The van der Waals surface area contributed by atoms with E-state index in [1.807, 2.05) is 20.8 Å². The lowest BCUT2D eigenvalue weighted by molar-refractivity contribution is 0.0114. The van der Waals surface area contributed by atoms with Crippen molar-refractivity contribution in [2.75, 3.05) is 6.61 Å². The number of ether oxygens (including phenoxy) is 1. The minimum absolute atomic E-state index is 0.151. The van der Waals surface area contributed by atoms with E-state index in [9.17, 15) is 4.39 Å². The molecule has 0 amide bonds. The Kier molecular flexibility index (Phi) is 4.90. The van der Waals surface area contributed by atoms with Crippen molar-refractivity contribution in [2.45, 2.75) is 32.9 Å². The molecule has 1 aromatic carbocycles. The first-order valence-electron chi connectivity index (χ1n) is 5.69. The maximum absolute atomic E-state index is 13.6. The van der Waals surface area contributed by atoms with Crippen LogP contribution < -0.4 is 5.73 Å². The molecule has 1 rings (SSSR count). The first kappa shape index (κ1) is 13.1. The lowest BCUT2D eigenvalue weighted by Crippen LogP contribution is -2.34. The van der Waals surface area contributed by atoms with E-state index in [0.717, 1.165) is 0 Å². The maximum atomic E-state index is 13.6. The quantitative estimate of drug-likeness (QED) is 0.836. The van der Waals surface area contributed by atoms with Gasteiger partial charge in [-0.2, -0.15) is 0 Å². The predicted octanol–water partition coefficient (Wildman–Crippen LogP) is 2.89. The SMILES string of the molecule is CCOC(C(C)C)C(N)c1ccccc1F. The van der Waals surface area contributed by atoms with Crippen molar-refractivity contribution in [3.63, 3.8) is 0 Å². The van der Waals surface area contributed by atoms with Crippen LogP contribution in [0.25, 0.3) is 0 Å². The van der Waals surface area contributed by atoms with Crippen LogP contribution in [0.3, 0.4) is 0 Å². The van der Waals surface area contributed by atoms with E-state index in [2.05, 4.69) is 0 Å². The van der Waals surface area contributed by atoms with Crippen LogP contribution in [0.1, 0.15) is 32.4 Å². The van der Waals surface area contributed by atoms with Gasteiger partial charge in [-0.3, -0.25) is 0 Å². The van der Waals surface area contributed by atoms with Crippen LogP contribution in [0.15, 0.2) is 24.3 Å². The van der Waals surface area contributed by atoms with E-state index in [4.69, 9.17) is 10.5 Å². The second-order valence-electron chi connectivity index (χ2n) is 4.21. The number of benzene rings is 1. The monoisotopic (exact) mass is 225 g/mol. The molecule has 0 aliphatic rings. The fraction of sp³-hybridized carbons (Fsp3) is 0.538. The van der Waals surface area contributed by atoms with Gasteiger partial charge >= 0.3 is 0 Å². The second-order valence-corrected chi connectivity index (χ2v) is 4.21. The average molecular weight is 225 g/mol. The van der Waals surface area contributed by atoms with Gasteiger partial charge in [-0.1, -0.05) is 32.0 Å². The smallest absolute Gasteiger partial charge is 0.128 e. The van der Waals surface area contributed by atoms with Gasteiger partial charge < -0.3 is 10.5 Å². The molecular formula is C13H20FNO. The van der Waals surface area contributed by atoms with Crippen LogP contribution in [-0.4, -0.2) is 12.7 Å². The zero-order valence-electron chi connectivity index (χ0n) is 10.1. The van der Waals surface area contributed by atoms with E-state index in [-0.39, 0.29) is 17.8 Å². The first-order valence-corrected chi connectivity index (χ1v) is 5.69. The van der Waals surface area contributed by atoms with E-state index in [1.54, 1.807) is 18.2 Å². The minimum Gasteiger partial charge on any atom is -0.376 e. The summed E-state index contributed by atoms with van der Waals surface area (Å²) in [5, 5.41) is 0. The van der Waals surface area contributed by atoms with Crippen molar-refractivity contribution < 1.29 is 9.13 Å². The summed E-state index contributed by atoms with van der Waals surface area (Å²) in [5.74, 6) is -0.00471. The summed E-state index contributed by atoms with van der Waals surface area (Å²) in [6, 6.07) is 6.19. The van der Waals surface area contributed by atoms with Crippen LogP contribution in [0.2, 0.25) is 0 Å². The third-order valence-electron chi connectivity index (χ3n) is 2.63. The summed E-state index contributed by atoms with van der Waals surface area (Å²) in [6.07, 6.45) is -0.151. The van der Waals surface area contributed by atoms with Crippen molar-refractivity contribution in [1.29, 1.82) is 0 Å². The van der Waals surface area contributed by atoms with Gasteiger partial charge in [-0.25, -0.2) is 4.39 Å². The molecule has 0 aliphatic heterocycles. The lowest BCUT2D eigenvalue weighted by Gasteiger charge is -2.27. The Hall–Kier alpha value is -0.930. The molecule has 2 nitrogen and oxygen atoms in total. The number of hydrogen-bond acceptors (Lipinski definition) is 2. The van der Waals surface area contributed by atoms with Gasteiger partial charge in [-0.05, 0) is 18.9 Å². The van der Waals surface area contributed by atoms with Crippen LogP contribution in [0.5, 0.6) is 0 Å². The molecule has 2 N–H and O–H groups in total. The largest absolute Gasteiger partial charge is 0.376 e. The molecule has 0 heterocycles. The summed E-state index contributed by atoms with van der Waals surface area (Å²) in [5.41, 5.74) is 6.58. The summed E-state index contributed by atoms with van der Waals surface area (Å²) in [7, 11) is 0. The molecule has 0 radical (unpaired) electrons. The molecular weight excluding hydrogens is 205 g/mol. The normalized spacial score (nSPS) is 15.1. The Morgan fingerprint density at radius 1 is 1.31 bits per heavy atom. The summed E-state index contributed by atoms with van der Waals surface area (Å²) in [4.78, 5) is 0. The molecule has 3 heteroatoms. The summed E-state index contributed by atoms with van der Waals surface area (Å²) in [6.45, 7) is 6.57. The third kappa shape index (κ3) is 3.03. The zero-order valence-corrected chi connectivity index (χ0v) is 10.1. The van der Waals surface area contributed by atoms with Crippen molar-refractivity contribution >= 4 is 0 Å². The van der Waals surface area contributed by atoms with Crippen molar-refractivity contribution in [3.8, 4) is 0 Å². The predicted molar refractivity (Wildman–Crippen MR) is 63.6 cm³/mol. The Morgan fingerprint density at radius 3 is 2.44 bits per heavy atom. The standard InChI is InChI=1S/C13H20FNO/c1-4-16-13(9(2)3)12(15)10-7-5-6-8-11(10)14/h5-9,12-13H,4,15H2,1-3H3. The number of hydrogen-bond donors (Lipinski definition) is 1. The van der Waals surface area contributed by atoms with Crippen LogP contribution in [-0.2, 0) is 4.74 Å². The molecule has 1 aromatic rings. The Morgan fingerprint density at radius 2 is 1.94 bits per heavy atom. The maximum Gasteiger partial charge on any atom is 0.128 e. The van der Waals surface area contributed by atoms with Gasteiger partial charge in [-0.15, -0.1) is 0 Å². The fourth-order valence-electron chi connectivity index (χ4n) is 1.83. The molecule has 0 bridgehead atoms. The number of nitrogens with two attached hydrogens (primary N) is 1. The van der Waals surface area contributed by atoms with Gasteiger partial charge in [0.2, 0.25) is 0 Å². The molecule has 0 aliphatic carbocycles. The van der Waals surface area contributed by atoms with Gasteiger partial charge in [0.1, 0.15) is 5.82 Å². The van der Waals surface area contributed by atoms with E-state index >= 15 is 0 Å². The zero-order chi connectivity index (χ0) is 12.1. The molecule has 0 saturated heterocycles. The highest BCUT2D eigenvalue weighted by molar-refractivity contribution is 5.22. The summed E-state index contributed by atoms with van der Waals surface area (Å²) < 4.78 is 19.2. The number of halogens is 1. The van der Waals surface area contributed by atoms with Gasteiger partial charge in [0.25, 0.3) is 0 Å². The average Bonchev–Trinajstić information content (AvgIpc) is 2.25. The second kappa shape index (κ2) is 5.97. The van der Waals surface area contributed by atoms with E-state index < -0.39 is 6.04 Å². The Bertz CT molecular complexity index is 327. The lowest BCUT2D eigenvalue weighted by atomic mass is 9.94.